The number of aryl methyl sites for hydroxylation is 1. The maximum atomic E-state index is 9.73. The highest BCUT2D eigenvalue weighted by Gasteiger charge is 2.47. The minimum absolute atomic E-state index is 0.0181. The van der Waals surface area contributed by atoms with Gasteiger partial charge in [0.2, 0.25) is 5.95 Å². The highest BCUT2D eigenvalue weighted by Crippen LogP contribution is 2.42. The fourth-order valence-corrected chi connectivity index (χ4v) is 4.70. The van der Waals surface area contributed by atoms with E-state index in [0.717, 1.165) is 25.9 Å². The number of aromatic nitrogens is 3. The lowest BCUT2D eigenvalue weighted by Gasteiger charge is -2.41. The maximum absolute atomic E-state index is 9.73. The van der Waals surface area contributed by atoms with E-state index < -0.39 is 0 Å². The number of rotatable bonds is 2. The van der Waals surface area contributed by atoms with Crippen molar-refractivity contribution in [2.75, 3.05) is 24.6 Å². The van der Waals surface area contributed by atoms with Gasteiger partial charge in [0.1, 0.15) is 11.2 Å². The molecule has 2 saturated heterocycles. The molecule has 2 atom stereocenters. The molecule has 9 heteroatoms. The van der Waals surface area contributed by atoms with E-state index in [2.05, 4.69) is 25.9 Å². The zero-order valence-corrected chi connectivity index (χ0v) is 17.8. The predicted molar refractivity (Wildman–Crippen MR) is 112 cm³/mol. The molecule has 0 amide bonds. The molecule has 2 N–H and O–H groups in total. The van der Waals surface area contributed by atoms with Gasteiger partial charge in [0.15, 0.2) is 5.69 Å². The van der Waals surface area contributed by atoms with Crippen LogP contribution in [-0.2, 0) is 4.74 Å². The first-order valence-corrected chi connectivity index (χ1v) is 10.3. The van der Waals surface area contributed by atoms with Gasteiger partial charge in [-0.15, -0.1) is 0 Å². The van der Waals surface area contributed by atoms with Crippen molar-refractivity contribution in [3.05, 3.63) is 33.8 Å². The summed E-state index contributed by atoms with van der Waals surface area (Å²) in [5.41, 5.74) is 8.55. The fraction of sp³-hybridized carbons (Fsp3) is 0.500. The summed E-state index contributed by atoms with van der Waals surface area (Å²) < 4.78 is 5.79. The molecule has 2 fully saturated rings. The fourth-order valence-electron chi connectivity index (χ4n) is 4.34. The van der Waals surface area contributed by atoms with Crippen LogP contribution in [-0.4, -0.2) is 46.8 Å². The Morgan fingerprint density at radius 2 is 2.03 bits per heavy atom. The smallest absolute Gasteiger partial charge is 0.226 e. The van der Waals surface area contributed by atoms with Crippen molar-refractivity contribution in [1.29, 1.82) is 5.26 Å². The summed E-state index contributed by atoms with van der Waals surface area (Å²) in [5.74, 6) is 0.550. The second-order valence-corrected chi connectivity index (χ2v) is 8.54. The average Bonchev–Trinajstić information content (AvgIpc) is 2.99. The zero-order valence-electron chi connectivity index (χ0n) is 16.3. The molecular weight excluding hydrogens is 411 g/mol. The Morgan fingerprint density at radius 3 is 2.66 bits per heavy atom. The summed E-state index contributed by atoms with van der Waals surface area (Å²) in [5, 5.41) is 10.2. The van der Waals surface area contributed by atoms with Gasteiger partial charge in [-0.3, -0.25) is 0 Å². The van der Waals surface area contributed by atoms with Crippen molar-refractivity contribution in [3.8, 4) is 17.2 Å². The molecule has 0 unspecified atom stereocenters. The molecule has 4 heterocycles. The number of nitrogens with two attached hydrogens (primary N) is 1. The summed E-state index contributed by atoms with van der Waals surface area (Å²) in [6.45, 7) is 6.13. The van der Waals surface area contributed by atoms with Crippen LogP contribution in [0.15, 0.2) is 12.3 Å². The number of nitriles is 1. The molecule has 0 aromatic carbocycles. The average molecular weight is 433 g/mol. The first kappa shape index (κ1) is 20.3. The molecule has 0 radical (unpaired) electrons. The summed E-state index contributed by atoms with van der Waals surface area (Å²) >= 11 is 12.4. The van der Waals surface area contributed by atoms with Crippen molar-refractivity contribution in [1.82, 2.24) is 15.0 Å². The highest BCUT2D eigenvalue weighted by atomic mass is 35.5. The van der Waals surface area contributed by atoms with E-state index in [4.69, 9.17) is 33.7 Å². The highest BCUT2D eigenvalue weighted by molar-refractivity contribution is 6.43. The molecular formula is C20H22Cl2N6O. The van der Waals surface area contributed by atoms with Gasteiger partial charge in [0.05, 0.1) is 23.4 Å². The molecule has 4 rings (SSSR count). The van der Waals surface area contributed by atoms with Gasteiger partial charge in [-0.25, -0.2) is 15.0 Å². The zero-order chi connectivity index (χ0) is 20.8. The van der Waals surface area contributed by atoms with E-state index >= 15 is 0 Å². The number of pyridine rings is 1. The number of piperidine rings is 1. The van der Waals surface area contributed by atoms with E-state index in [1.54, 1.807) is 12.3 Å². The van der Waals surface area contributed by atoms with Crippen LogP contribution in [0.5, 0.6) is 0 Å². The quantitative estimate of drug-likeness (QED) is 0.725. The van der Waals surface area contributed by atoms with E-state index in [-0.39, 0.29) is 33.4 Å². The number of nitrogens with zero attached hydrogens (tertiary/aromatic N) is 5. The Hall–Kier alpha value is -1.98. The van der Waals surface area contributed by atoms with Crippen LogP contribution in [0.2, 0.25) is 10.2 Å². The summed E-state index contributed by atoms with van der Waals surface area (Å²) in [4.78, 5) is 15.3. The number of ether oxygens (including phenoxy) is 1. The first-order valence-electron chi connectivity index (χ1n) is 9.57. The Kier molecular flexibility index (Phi) is 5.38. The Bertz CT molecular complexity index is 984. The molecule has 0 saturated carbocycles. The minimum Gasteiger partial charge on any atom is -0.376 e. The number of hydrogen-bond donors (Lipinski definition) is 1. The molecule has 29 heavy (non-hydrogen) atoms. The molecule has 0 aliphatic carbocycles. The van der Waals surface area contributed by atoms with Crippen molar-refractivity contribution < 1.29 is 4.74 Å². The van der Waals surface area contributed by atoms with Gasteiger partial charge < -0.3 is 15.4 Å². The summed E-state index contributed by atoms with van der Waals surface area (Å²) in [6, 6.07) is 3.94. The maximum Gasteiger partial charge on any atom is 0.226 e. The largest absolute Gasteiger partial charge is 0.376 e. The molecule has 1 spiro atoms. The van der Waals surface area contributed by atoms with Gasteiger partial charge in [-0.2, -0.15) is 5.26 Å². The monoisotopic (exact) mass is 432 g/mol. The third kappa shape index (κ3) is 3.44. The molecule has 2 aliphatic heterocycles. The predicted octanol–water partition coefficient (Wildman–Crippen LogP) is 3.36. The van der Waals surface area contributed by atoms with Crippen molar-refractivity contribution in [2.45, 2.75) is 38.8 Å². The van der Waals surface area contributed by atoms with Crippen LogP contribution in [0.1, 0.15) is 31.2 Å². The van der Waals surface area contributed by atoms with Crippen LogP contribution in [0.25, 0.3) is 11.1 Å². The summed E-state index contributed by atoms with van der Waals surface area (Å²) in [7, 11) is 0. The van der Waals surface area contributed by atoms with Gasteiger partial charge in [-0.1, -0.05) is 23.2 Å². The minimum atomic E-state index is 0.0181. The van der Waals surface area contributed by atoms with Gasteiger partial charge in [0.25, 0.3) is 0 Å². The molecule has 2 aromatic rings. The number of anilines is 1. The Labute approximate surface area is 179 Å². The van der Waals surface area contributed by atoms with Crippen LogP contribution in [0.3, 0.4) is 0 Å². The van der Waals surface area contributed by atoms with Crippen molar-refractivity contribution in [2.24, 2.45) is 11.1 Å². The number of hydrogen-bond acceptors (Lipinski definition) is 7. The van der Waals surface area contributed by atoms with Gasteiger partial charge in [-0.05, 0) is 32.8 Å². The number of halogens is 2. The van der Waals surface area contributed by atoms with E-state index in [0.29, 0.717) is 29.4 Å². The normalized spacial score (nSPS) is 23.4. The van der Waals surface area contributed by atoms with Crippen molar-refractivity contribution >= 4 is 29.2 Å². The molecule has 2 aromatic heterocycles. The van der Waals surface area contributed by atoms with Crippen LogP contribution in [0.4, 0.5) is 5.95 Å². The van der Waals surface area contributed by atoms with Crippen LogP contribution in [0, 0.1) is 23.7 Å². The van der Waals surface area contributed by atoms with E-state index in [1.165, 1.54) is 0 Å². The van der Waals surface area contributed by atoms with Crippen LogP contribution >= 0.6 is 23.2 Å². The van der Waals surface area contributed by atoms with E-state index in [9.17, 15) is 5.26 Å². The third-order valence-corrected chi connectivity index (χ3v) is 6.95. The lowest BCUT2D eigenvalue weighted by atomic mass is 9.73. The van der Waals surface area contributed by atoms with Gasteiger partial charge in [0, 0.05) is 41.9 Å². The standard InChI is InChI=1S/C20H22Cl2N6O/c1-11-15(13-3-6-25-18(22)16(13)21)14(9-23)27-19(26-11)28-7-4-20(5-8-28)10-29-12(2)17(20)24/h3,6,12,17H,4-5,7-8,10,24H2,1-2H3/t12-,17+/m0/s1. The molecule has 2 aliphatic rings. The lowest BCUT2D eigenvalue weighted by molar-refractivity contribution is 0.0973. The van der Waals surface area contributed by atoms with Crippen molar-refractivity contribution in [3.63, 3.8) is 0 Å². The Morgan fingerprint density at radius 1 is 1.31 bits per heavy atom. The lowest BCUT2D eigenvalue weighted by Crippen LogP contribution is -2.51. The Balaban J connectivity index is 1.63. The first-order chi connectivity index (χ1) is 13.9. The topological polar surface area (TPSA) is 101 Å². The molecule has 0 bridgehead atoms. The SMILES string of the molecule is Cc1nc(N2CCC3(CC2)CO[C@@H](C)[C@H]3N)nc(C#N)c1-c1ccnc(Cl)c1Cl. The van der Waals surface area contributed by atoms with Crippen LogP contribution < -0.4 is 10.6 Å². The van der Waals surface area contributed by atoms with Gasteiger partial charge >= 0.3 is 0 Å². The second kappa shape index (κ2) is 7.69. The van der Waals surface area contributed by atoms with E-state index in [1.807, 2.05) is 13.8 Å². The molecule has 152 valence electrons. The molecule has 7 nitrogen and oxygen atoms in total. The third-order valence-electron chi connectivity index (χ3n) is 6.19. The summed E-state index contributed by atoms with van der Waals surface area (Å²) in [6.07, 6.45) is 3.46. The second-order valence-electron chi connectivity index (χ2n) is 7.80.